The molecule has 3 aromatic carbocycles. The standard InChI is InChI=1S/C22H16N2O6S/c1-29-16-10-12-17(13-11-16)31(27,28)30-20-9-5-2-6-15(20)14-23-24-21(25)18-7-3-4-8-19(18)22(24)26/h2-14H,1H3/b23-14+. The number of para-hydroxylation sites is 1. The SMILES string of the molecule is COc1ccc(S(=O)(=O)Oc2ccccc2/C=N/N2C(=O)c3ccccc3C2=O)cc1. The van der Waals surface area contributed by atoms with E-state index in [0.717, 1.165) is 5.01 Å². The van der Waals surface area contributed by atoms with Gasteiger partial charge in [-0.05, 0) is 48.5 Å². The molecule has 0 N–H and O–H groups in total. The van der Waals surface area contributed by atoms with Crippen molar-refractivity contribution in [1.29, 1.82) is 0 Å². The van der Waals surface area contributed by atoms with Gasteiger partial charge < -0.3 is 8.92 Å². The largest absolute Gasteiger partial charge is 0.497 e. The van der Waals surface area contributed by atoms with Crippen LogP contribution in [0.15, 0.2) is 82.8 Å². The Kier molecular flexibility index (Phi) is 5.26. The zero-order valence-electron chi connectivity index (χ0n) is 16.3. The summed E-state index contributed by atoms with van der Waals surface area (Å²) in [6.07, 6.45) is 1.21. The van der Waals surface area contributed by atoms with Crippen molar-refractivity contribution >= 4 is 28.1 Å². The molecule has 0 atom stereocenters. The zero-order valence-corrected chi connectivity index (χ0v) is 17.1. The summed E-state index contributed by atoms with van der Waals surface area (Å²) in [4.78, 5) is 24.8. The van der Waals surface area contributed by atoms with Gasteiger partial charge in [-0.2, -0.15) is 18.5 Å². The number of rotatable bonds is 6. The van der Waals surface area contributed by atoms with Crippen LogP contribution in [0.4, 0.5) is 0 Å². The van der Waals surface area contributed by atoms with E-state index in [1.54, 1.807) is 42.5 Å². The van der Waals surface area contributed by atoms with Gasteiger partial charge in [-0.1, -0.05) is 24.3 Å². The molecule has 0 aliphatic carbocycles. The van der Waals surface area contributed by atoms with E-state index in [1.807, 2.05) is 0 Å². The van der Waals surface area contributed by atoms with E-state index in [9.17, 15) is 18.0 Å². The summed E-state index contributed by atoms with van der Waals surface area (Å²) in [7, 11) is -2.65. The molecule has 31 heavy (non-hydrogen) atoms. The minimum atomic E-state index is -4.13. The number of fused-ring (bicyclic) bond motifs is 1. The van der Waals surface area contributed by atoms with E-state index in [1.165, 1.54) is 43.7 Å². The number of hydrogen-bond acceptors (Lipinski definition) is 7. The van der Waals surface area contributed by atoms with Gasteiger partial charge in [0.05, 0.1) is 24.5 Å². The fraction of sp³-hybridized carbons (Fsp3) is 0.0455. The summed E-state index contributed by atoms with van der Waals surface area (Å²) in [5.74, 6) is -0.603. The summed E-state index contributed by atoms with van der Waals surface area (Å²) in [5.41, 5.74) is 0.795. The number of methoxy groups -OCH3 is 1. The average Bonchev–Trinajstić information content (AvgIpc) is 3.03. The van der Waals surface area contributed by atoms with Gasteiger partial charge in [0.2, 0.25) is 0 Å². The summed E-state index contributed by atoms with van der Waals surface area (Å²) >= 11 is 0. The number of carbonyl (C=O) groups is 2. The van der Waals surface area contributed by atoms with Crippen LogP contribution in [0.5, 0.6) is 11.5 Å². The lowest BCUT2D eigenvalue weighted by atomic mass is 10.1. The van der Waals surface area contributed by atoms with Crippen LogP contribution in [0.25, 0.3) is 0 Å². The lowest BCUT2D eigenvalue weighted by Gasteiger charge is -2.10. The van der Waals surface area contributed by atoms with Crippen molar-refractivity contribution < 1.29 is 26.9 Å². The van der Waals surface area contributed by atoms with E-state index in [0.29, 0.717) is 5.75 Å². The van der Waals surface area contributed by atoms with Crippen molar-refractivity contribution in [2.45, 2.75) is 4.90 Å². The third-order valence-corrected chi connectivity index (χ3v) is 5.80. The third-order valence-electron chi connectivity index (χ3n) is 4.55. The van der Waals surface area contributed by atoms with Crippen molar-refractivity contribution in [1.82, 2.24) is 5.01 Å². The second kappa shape index (κ2) is 8.04. The fourth-order valence-corrected chi connectivity index (χ4v) is 3.93. The Hall–Kier alpha value is -3.98. The lowest BCUT2D eigenvalue weighted by molar-refractivity contribution is 0.0660. The molecule has 3 aromatic rings. The first kappa shape index (κ1) is 20.3. The van der Waals surface area contributed by atoms with Gasteiger partial charge in [0.25, 0.3) is 11.8 Å². The number of amides is 2. The smallest absolute Gasteiger partial charge is 0.339 e. The van der Waals surface area contributed by atoms with E-state index in [4.69, 9.17) is 8.92 Å². The second-order valence-electron chi connectivity index (χ2n) is 6.46. The first-order chi connectivity index (χ1) is 14.9. The van der Waals surface area contributed by atoms with Crippen molar-refractivity contribution in [3.63, 3.8) is 0 Å². The molecule has 156 valence electrons. The topological polar surface area (TPSA) is 102 Å². The van der Waals surface area contributed by atoms with Crippen LogP contribution in [-0.4, -0.2) is 38.6 Å². The highest BCUT2D eigenvalue weighted by Gasteiger charge is 2.35. The van der Waals surface area contributed by atoms with E-state index in [2.05, 4.69) is 5.10 Å². The Labute approximate surface area is 178 Å². The Balaban J connectivity index is 1.59. The quantitative estimate of drug-likeness (QED) is 0.334. The van der Waals surface area contributed by atoms with Crippen molar-refractivity contribution in [3.05, 3.63) is 89.5 Å². The summed E-state index contributed by atoms with van der Waals surface area (Å²) in [5, 5.41) is 4.71. The molecule has 0 fully saturated rings. The molecule has 1 aliphatic heterocycles. The highest BCUT2D eigenvalue weighted by atomic mass is 32.2. The molecule has 0 saturated carbocycles. The summed E-state index contributed by atoms with van der Waals surface area (Å²) in [6, 6.07) is 18.4. The minimum Gasteiger partial charge on any atom is -0.497 e. The van der Waals surface area contributed by atoms with E-state index >= 15 is 0 Å². The molecular weight excluding hydrogens is 420 g/mol. The van der Waals surface area contributed by atoms with Crippen LogP contribution in [0.3, 0.4) is 0 Å². The third kappa shape index (κ3) is 3.90. The monoisotopic (exact) mass is 436 g/mol. The normalized spacial score (nSPS) is 13.5. The molecule has 0 spiro atoms. The van der Waals surface area contributed by atoms with Crippen molar-refractivity contribution in [3.8, 4) is 11.5 Å². The van der Waals surface area contributed by atoms with E-state index < -0.39 is 21.9 Å². The van der Waals surface area contributed by atoms with Gasteiger partial charge in [0.15, 0.2) is 5.75 Å². The molecule has 1 heterocycles. The Morgan fingerprint density at radius 3 is 2.03 bits per heavy atom. The number of hydrazone groups is 1. The molecule has 1 aliphatic rings. The number of ether oxygens (including phenoxy) is 1. The van der Waals surface area contributed by atoms with Crippen molar-refractivity contribution in [2.75, 3.05) is 7.11 Å². The van der Waals surface area contributed by atoms with Crippen LogP contribution in [0.1, 0.15) is 26.3 Å². The second-order valence-corrected chi connectivity index (χ2v) is 8.01. The number of benzene rings is 3. The Bertz CT molecular complexity index is 1260. The molecule has 0 bridgehead atoms. The maximum Gasteiger partial charge on any atom is 0.339 e. The number of hydrogen-bond donors (Lipinski definition) is 0. The Morgan fingerprint density at radius 2 is 1.42 bits per heavy atom. The first-order valence-corrected chi connectivity index (χ1v) is 10.5. The lowest BCUT2D eigenvalue weighted by Crippen LogP contribution is -2.24. The van der Waals surface area contributed by atoms with Gasteiger partial charge in [0.1, 0.15) is 10.6 Å². The highest BCUT2D eigenvalue weighted by Crippen LogP contribution is 2.25. The molecule has 2 amide bonds. The maximum absolute atomic E-state index is 12.6. The predicted molar refractivity (Wildman–Crippen MR) is 112 cm³/mol. The number of carbonyl (C=O) groups excluding carboxylic acids is 2. The van der Waals surface area contributed by atoms with Gasteiger partial charge >= 0.3 is 10.1 Å². The minimum absolute atomic E-state index is 0.00122. The van der Waals surface area contributed by atoms with Gasteiger partial charge in [-0.3, -0.25) is 9.59 Å². The highest BCUT2D eigenvalue weighted by molar-refractivity contribution is 7.87. The van der Waals surface area contributed by atoms with Crippen LogP contribution in [0, 0.1) is 0 Å². The van der Waals surface area contributed by atoms with Crippen molar-refractivity contribution in [2.24, 2.45) is 5.10 Å². The van der Waals surface area contributed by atoms with Crippen LogP contribution in [-0.2, 0) is 10.1 Å². The molecule has 0 aromatic heterocycles. The van der Waals surface area contributed by atoms with Gasteiger partial charge in [0, 0.05) is 5.56 Å². The predicted octanol–water partition coefficient (Wildman–Crippen LogP) is 3.09. The molecule has 8 nitrogen and oxygen atoms in total. The average molecular weight is 436 g/mol. The molecule has 4 rings (SSSR count). The maximum atomic E-state index is 12.6. The van der Waals surface area contributed by atoms with Gasteiger partial charge in [-0.25, -0.2) is 0 Å². The first-order valence-electron chi connectivity index (χ1n) is 9.10. The van der Waals surface area contributed by atoms with Crippen LogP contribution in [0.2, 0.25) is 0 Å². The number of nitrogens with zero attached hydrogens (tertiary/aromatic N) is 2. The molecular formula is C22H16N2O6S. The van der Waals surface area contributed by atoms with Crippen LogP contribution < -0.4 is 8.92 Å². The zero-order chi connectivity index (χ0) is 22.0. The molecule has 0 unspecified atom stereocenters. The molecule has 0 saturated heterocycles. The summed E-state index contributed by atoms with van der Waals surface area (Å²) in [6.45, 7) is 0. The van der Waals surface area contributed by atoms with Crippen LogP contribution >= 0.6 is 0 Å². The Morgan fingerprint density at radius 1 is 0.839 bits per heavy atom. The number of imide groups is 1. The van der Waals surface area contributed by atoms with Gasteiger partial charge in [-0.15, -0.1) is 0 Å². The molecule has 9 heteroatoms. The fourth-order valence-electron chi connectivity index (χ4n) is 2.97. The van der Waals surface area contributed by atoms with E-state index in [-0.39, 0.29) is 27.3 Å². The molecule has 0 radical (unpaired) electrons. The summed E-state index contributed by atoms with van der Waals surface area (Å²) < 4.78 is 35.6.